The first-order valence-electron chi connectivity index (χ1n) is 8.56. The van der Waals surface area contributed by atoms with Crippen LogP contribution in [0.5, 0.6) is 0 Å². The van der Waals surface area contributed by atoms with Crippen molar-refractivity contribution in [2.24, 2.45) is 0 Å². The second kappa shape index (κ2) is 10.1. The Bertz CT molecular complexity index is 310. The fraction of sp³-hybridized carbons (Fsp3) is 0.833. The summed E-state index contributed by atoms with van der Waals surface area (Å²) < 4.78 is 11.2. The molecule has 2 atom stereocenters. The molecule has 0 saturated carbocycles. The third-order valence-electron chi connectivity index (χ3n) is 3.85. The predicted molar refractivity (Wildman–Crippen MR) is 86.3 cm³/mol. The van der Waals surface area contributed by atoms with E-state index in [2.05, 4.69) is 13.0 Å². The molecule has 1 rings (SSSR count). The third kappa shape index (κ3) is 7.77. The fourth-order valence-electron chi connectivity index (χ4n) is 2.70. The zero-order chi connectivity index (χ0) is 15.6. The molecule has 0 aliphatic carbocycles. The summed E-state index contributed by atoms with van der Waals surface area (Å²) in [5, 5.41) is 0. The van der Waals surface area contributed by atoms with Gasteiger partial charge in [-0.25, -0.2) is 0 Å². The van der Waals surface area contributed by atoms with E-state index in [1.807, 2.05) is 19.9 Å². The van der Waals surface area contributed by atoms with Crippen LogP contribution in [0.3, 0.4) is 0 Å². The van der Waals surface area contributed by atoms with Crippen LogP contribution in [0.2, 0.25) is 0 Å². The minimum atomic E-state index is -0.654. The minimum Gasteiger partial charge on any atom is -0.340 e. The molecule has 0 bridgehead atoms. The smallest absolute Gasteiger partial charge is 0.164 e. The van der Waals surface area contributed by atoms with Gasteiger partial charge in [-0.05, 0) is 26.7 Å². The van der Waals surface area contributed by atoms with Gasteiger partial charge in [-0.1, -0.05) is 64.0 Å². The fourth-order valence-corrected chi connectivity index (χ4v) is 2.70. The summed E-state index contributed by atoms with van der Waals surface area (Å²) in [6.45, 7) is 5.94. The van der Waals surface area contributed by atoms with Crippen molar-refractivity contribution >= 4 is 6.29 Å². The van der Waals surface area contributed by atoms with Crippen molar-refractivity contribution in [2.75, 3.05) is 0 Å². The second-order valence-corrected chi connectivity index (χ2v) is 6.39. The molecule has 0 unspecified atom stereocenters. The lowest BCUT2D eigenvalue weighted by Gasteiger charge is -2.15. The van der Waals surface area contributed by atoms with E-state index in [1.165, 1.54) is 51.4 Å². The van der Waals surface area contributed by atoms with E-state index >= 15 is 0 Å². The van der Waals surface area contributed by atoms with Crippen LogP contribution in [0, 0.1) is 0 Å². The molecule has 0 spiro atoms. The normalized spacial score (nSPS) is 24.7. The number of rotatable bonds is 11. The van der Waals surface area contributed by atoms with Crippen molar-refractivity contribution in [2.45, 2.75) is 96.6 Å². The number of carbonyl (C=O) groups is 1. The number of hydrogen-bond donors (Lipinski definition) is 0. The van der Waals surface area contributed by atoms with Crippen molar-refractivity contribution in [3.05, 3.63) is 12.2 Å². The van der Waals surface area contributed by atoms with Gasteiger partial charge in [0.05, 0.1) is 0 Å². The Morgan fingerprint density at radius 2 is 1.48 bits per heavy atom. The van der Waals surface area contributed by atoms with E-state index < -0.39 is 11.9 Å². The Labute approximate surface area is 130 Å². The Kier molecular flexibility index (Phi) is 8.86. The first-order valence-corrected chi connectivity index (χ1v) is 8.56. The number of allylic oxidation sites excluding steroid dienone is 1. The summed E-state index contributed by atoms with van der Waals surface area (Å²) in [4.78, 5) is 10.9. The molecule has 1 saturated heterocycles. The standard InChI is InChI=1S/C18H32O3/c1-4-5-6-7-8-9-10-11-12-13-14-16-17(15-19)21-18(2,3)20-16/h13-17H,4-12H2,1-3H3/b14-13+/t16-,17+/m0/s1. The molecule has 1 heterocycles. The number of aldehydes is 1. The van der Waals surface area contributed by atoms with E-state index in [0.717, 1.165) is 12.7 Å². The maximum absolute atomic E-state index is 10.9. The molecular formula is C18H32O3. The highest BCUT2D eigenvalue weighted by Gasteiger charge is 2.39. The zero-order valence-electron chi connectivity index (χ0n) is 14.0. The molecule has 1 aliphatic rings. The Morgan fingerprint density at radius 3 is 2.10 bits per heavy atom. The molecule has 0 aromatic carbocycles. The van der Waals surface area contributed by atoms with Crippen LogP contribution in [0.1, 0.15) is 78.6 Å². The van der Waals surface area contributed by atoms with Gasteiger partial charge in [-0.2, -0.15) is 0 Å². The summed E-state index contributed by atoms with van der Waals surface area (Å²) in [6, 6.07) is 0. The number of unbranched alkanes of at least 4 members (excludes halogenated alkanes) is 8. The van der Waals surface area contributed by atoms with E-state index in [9.17, 15) is 4.79 Å². The van der Waals surface area contributed by atoms with Gasteiger partial charge in [-0.15, -0.1) is 0 Å². The molecule has 3 heteroatoms. The SMILES string of the molecule is CCCCCCCCCC/C=C/[C@@H]1OC(C)(C)O[C@@H]1C=O. The van der Waals surface area contributed by atoms with Crippen LogP contribution in [0.25, 0.3) is 0 Å². The summed E-state index contributed by atoms with van der Waals surface area (Å²) in [5.74, 6) is -0.654. The molecule has 1 fully saturated rings. The van der Waals surface area contributed by atoms with Crippen LogP contribution in [0.15, 0.2) is 12.2 Å². The molecule has 21 heavy (non-hydrogen) atoms. The van der Waals surface area contributed by atoms with Crippen LogP contribution < -0.4 is 0 Å². The number of ether oxygens (including phenoxy) is 2. The van der Waals surface area contributed by atoms with Crippen LogP contribution in [-0.2, 0) is 14.3 Å². The first-order chi connectivity index (χ1) is 10.1. The lowest BCUT2D eigenvalue weighted by atomic mass is 10.1. The topological polar surface area (TPSA) is 35.5 Å². The monoisotopic (exact) mass is 296 g/mol. The summed E-state index contributed by atoms with van der Waals surface area (Å²) in [5.41, 5.74) is 0. The van der Waals surface area contributed by atoms with Gasteiger partial charge in [0.1, 0.15) is 12.2 Å². The highest BCUT2D eigenvalue weighted by molar-refractivity contribution is 5.58. The lowest BCUT2D eigenvalue weighted by molar-refractivity contribution is -0.148. The van der Waals surface area contributed by atoms with Crippen molar-refractivity contribution in [1.82, 2.24) is 0 Å². The van der Waals surface area contributed by atoms with Crippen molar-refractivity contribution < 1.29 is 14.3 Å². The minimum absolute atomic E-state index is 0.230. The average molecular weight is 296 g/mol. The van der Waals surface area contributed by atoms with E-state index in [-0.39, 0.29) is 6.10 Å². The van der Waals surface area contributed by atoms with Crippen LogP contribution >= 0.6 is 0 Å². The van der Waals surface area contributed by atoms with Gasteiger partial charge in [0.15, 0.2) is 12.1 Å². The quantitative estimate of drug-likeness (QED) is 0.312. The number of carbonyl (C=O) groups excluding carboxylic acids is 1. The number of hydrogen-bond acceptors (Lipinski definition) is 3. The molecule has 0 aromatic heterocycles. The Morgan fingerprint density at radius 1 is 0.905 bits per heavy atom. The highest BCUT2D eigenvalue weighted by Crippen LogP contribution is 2.27. The molecule has 122 valence electrons. The van der Waals surface area contributed by atoms with Crippen LogP contribution in [-0.4, -0.2) is 24.3 Å². The largest absolute Gasteiger partial charge is 0.340 e. The molecule has 0 amide bonds. The van der Waals surface area contributed by atoms with Gasteiger partial charge in [0.2, 0.25) is 0 Å². The van der Waals surface area contributed by atoms with Crippen molar-refractivity contribution in [3.8, 4) is 0 Å². The Hall–Kier alpha value is -0.670. The Balaban J connectivity index is 2.05. The van der Waals surface area contributed by atoms with E-state index in [4.69, 9.17) is 9.47 Å². The van der Waals surface area contributed by atoms with Gasteiger partial charge in [0, 0.05) is 0 Å². The first kappa shape index (κ1) is 18.4. The molecule has 1 aliphatic heterocycles. The second-order valence-electron chi connectivity index (χ2n) is 6.39. The van der Waals surface area contributed by atoms with Crippen molar-refractivity contribution in [3.63, 3.8) is 0 Å². The summed E-state index contributed by atoms with van der Waals surface area (Å²) in [7, 11) is 0. The van der Waals surface area contributed by atoms with Gasteiger partial charge in [0.25, 0.3) is 0 Å². The molecular weight excluding hydrogens is 264 g/mol. The molecule has 0 aromatic rings. The molecule has 0 N–H and O–H groups in total. The van der Waals surface area contributed by atoms with Gasteiger partial charge < -0.3 is 14.3 Å². The maximum atomic E-state index is 10.9. The lowest BCUT2D eigenvalue weighted by Crippen LogP contribution is -2.22. The summed E-state index contributed by atoms with van der Waals surface area (Å²) >= 11 is 0. The van der Waals surface area contributed by atoms with Gasteiger partial charge >= 0.3 is 0 Å². The third-order valence-corrected chi connectivity index (χ3v) is 3.85. The van der Waals surface area contributed by atoms with E-state index in [1.54, 1.807) is 0 Å². The molecule has 3 nitrogen and oxygen atoms in total. The highest BCUT2D eigenvalue weighted by atomic mass is 16.8. The average Bonchev–Trinajstić information content (AvgIpc) is 2.75. The van der Waals surface area contributed by atoms with Crippen molar-refractivity contribution in [1.29, 1.82) is 0 Å². The zero-order valence-corrected chi connectivity index (χ0v) is 14.0. The summed E-state index contributed by atoms with van der Waals surface area (Å²) in [6.07, 6.45) is 16.0. The molecule has 0 radical (unpaired) electrons. The van der Waals surface area contributed by atoms with Crippen LogP contribution in [0.4, 0.5) is 0 Å². The maximum Gasteiger partial charge on any atom is 0.164 e. The van der Waals surface area contributed by atoms with E-state index in [0.29, 0.717) is 0 Å². The predicted octanol–water partition coefficient (Wildman–Crippen LogP) is 4.79. The van der Waals surface area contributed by atoms with Gasteiger partial charge in [-0.3, -0.25) is 0 Å².